The molecule has 0 fully saturated rings. The average Bonchev–Trinajstić information content (AvgIpc) is 3.08. The lowest BCUT2D eigenvalue weighted by atomic mass is 10.1. The predicted molar refractivity (Wildman–Crippen MR) is 113 cm³/mol. The minimum absolute atomic E-state index is 0.209. The van der Waals surface area contributed by atoms with Gasteiger partial charge >= 0.3 is 0 Å². The van der Waals surface area contributed by atoms with E-state index in [1.54, 1.807) is 0 Å². The molecule has 28 heavy (non-hydrogen) atoms. The number of hydrogen-bond donors (Lipinski definition) is 2. The summed E-state index contributed by atoms with van der Waals surface area (Å²) in [6.45, 7) is 2.04. The number of carbonyl (C=O) groups is 1. The molecule has 0 atom stereocenters. The molecule has 0 spiro atoms. The van der Waals surface area contributed by atoms with Crippen molar-refractivity contribution in [2.24, 2.45) is 0 Å². The number of H-pyrrole nitrogens is 1. The van der Waals surface area contributed by atoms with Crippen LogP contribution in [0.2, 0.25) is 0 Å². The normalized spacial score (nSPS) is 11.8. The van der Waals surface area contributed by atoms with Gasteiger partial charge in [-0.3, -0.25) is 4.79 Å². The third kappa shape index (κ3) is 4.79. The zero-order chi connectivity index (χ0) is 20.1. The second-order valence-corrected chi connectivity index (χ2v) is 8.75. The van der Waals surface area contributed by atoms with Crippen molar-refractivity contribution in [2.75, 3.05) is 24.7 Å². The largest absolute Gasteiger partial charge is 0.361 e. The van der Waals surface area contributed by atoms with Crippen molar-refractivity contribution in [1.29, 1.82) is 0 Å². The molecule has 0 unspecified atom stereocenters. The van der Waals surface area contributed by atoms with Gasteiger partial charge in [-0.25, -0.2) is 8.42 Å². The Kier molecular flexibility index (Phi) is 6.16. The van der Waals surface area contributed by atoms with Gasteiger partial charge in [0, 0.05) is 29.3 Å². The molecule has 1 heterocycles. The van der Waals surface area contributed by atoms with Crippen LogP contribution in [0.25, 0.3) is 10.9 Å². The van der Waals surface area contributed by atoms with E-state index in [1.165, 1.54) is 4.31 Å². The summed E-state index contributed by atoms with van der Waals surface area (Å²) in [6, 6.07) is 15.4. The van der Waals surface area contributed by atoms with Crippen LogP contribution in [0, 0.1) is 0 Å². The number of anilines is 1. The summed E-state index contributed by atoms with van der Waals surface area (Å²) in [4.78, 5) is 15.7. The lowest BCUT2D eigenvalue weighted by Crippen LogP contribution is -2.38. The Balaban J connectivity index is 1.69. The molecule has 0 aliphatic carbocycles. The molecule has 7 heteroatoms. The standard InChI is InChI=1S/C21H25N3O3S/c1-3-16-8-4-6-10-19(16)23-21(25)15-24(28(2,26)27)13-12-17-14-22-20-11-7-5-9-18(17)20/h4-11,14,22H,3,12-13,15H2,1-2H3,(H,23,25). The van der Waals surface area contributed by atoms with Crippen LogP contribution in [0.1, 0.15) is 18.1 Å². The summed E-state index contributed by atoms with van der Waals surface area (Å²) < 4.78 is 25.6. The maximum atomic E-state index is 12.5. The number of benzene rings is 2. The molecule has 3 rings (SSSR count). The topological polar surface area (TPSA) is 82.3 Å². The Morgan fingerprint density at radius 1 is 1.07 bits per heavy atom. The monoisotopic (exact) mass is 399 g/mol. The molecule has 1 aromatic heterocycles. The van der Waals surface area contributed by atoms with Crippen molar-refractivity contribution in [3.8, 4) is 0 Å². The van der Waals surface area contributed by atoms with E-state index < -0.39 is 10.0 Å². The van der Waals surface area contributed by atoms with Crippen LogP contribution in [0.4, 0.5) is 5.69 Å². The molecule has 0 aliphatic rings. The number of aromatic nitrogens is 1. The Hall–Kier alpha value is -2.64. The molecule has 3 aromatic rings. The van der Waals surface area contributed by atoms with E-state index >= 15 is 0 Å². The zero-order valence-electron chi connectivity index (χ0n) is 16.1. The number of nitrogens with zero attached hydrogens (tertiary/aromatic N) is 1. The van der Waals surface area contributed by atoms with Gasteiger partial charge < -0.3 is 10.3 Å². The van der Waals surface area contributed by atoms with Crippen LogP contribution in [0.3, 0.4) is 0 Å². The molecule has 0 radical (unpaired) electrons. The van der Waals surface area contributed by atoms with E-state index in [0.717, 1.165) is 40.4 Å². The predicted octanol–water partition coefficient (Wildman–Crippen LogP) is 3.17. The molecule has 6 nitrogen and oxygen atoms in total. The van der Waals surface area contributed by atoms with Crippen LogP contribution in [-0.4, -0.2) is 43.0 Å². The second kappa shape index (κ2) is 8.58. The Labute approximate surface area is 165 Å². The number of aromatic amines is 1. The number of sulfonamides is 1. The first-order valence-electron chi connectivity index (χ1n) is 9.26. The van der Waals surface area contributed by atoms with Crippen LogP contribution < -0.4 is 5.32 Å². The van der Waals surface area contributed by atoms with Gasteiger partial charge in [0.25, 0.3) is 0 Å². The van der Waals surface area contributed by atoms with E-state index in [1.807, 2.05) is 61.7 Å². The van der Waals surface area contributed by atoms with Crippen molar-refractivity contribution in [2.45, 2.75) is 19.8 Å². The Morgan fingerprint density at radius 2 is 1.79 bits per heavy atom. The van der Waals surface area contributed by atoms with Crippen molar-refractivity contribution in [3.63, 3.8) is 0 Å². The van der Waals surface area contributed by atoms with Crippen LogP contribution in [0.15, 0.2) is 54.7 Å². The van der Waals surface area contributed by atoms with E-state index in [9.17, 15) is 13.2 Å². The number of rotatable bonds is 8. The van der Waals surface area contributed by atoms with Gasteiger partial charge in [0.05, 0.1) is 12.8 Å². The van der Waals surface area contributed by atoms with E-state index in [2.05, 4.69) is 10.3 Å². The van der Waals surface area contributed by atoms with E-state index in [4.69, 9.17) is 0 Å². The molecule has 1 amide bonds. The third-order valence-electron chi connectivity index (χ3n) is 4.77. The second-order valence-electron chi connectivity index (χ2n) is 6.76. The number of aryl methyl sites for hydroxylation is 1. The highest BCUT2D eigenvalue weighted by Gasteiger charge is 2.21. The molecule has 0 bridgehead atoms. The third-order valence-corrected chi connectivity index (χ3v) is 6.02. The molecule has 0 saturated heterocycles. The molecule has 148 valence electrons. The fourth-order valence-electron chi connectivity index (χ4n) is 3.25. The minimum atomic E-state index is -3.51. The maximum absolute atomic E-state index is 12.5. The SMILES string of the molecule is CCc1ccccc1NC(=O)CN(CCc1c[nH]c2ccccc12)S(C)(=O)=O. The van der Waals surface area contributed by atoms with Gasteiger partial charge in [-0.05, 0) is 36.1 Å². The number of para-hydroxylation sites is 2. The lowest BCUT2D eigenvalue weighted by molar-refractivity contribution is -0.116. The van der Waals surface area contributed by atoms with Crippen LogP contribution >= 0.6 is 0 Å². The van der Waals surface area contributed by atoms with Gasteiger partial charge in [0.1, 0.15) is 0 Å². The van der Waals surface area contributed by atoms with E-state index in [0.29, 0.717) is 6.42 Å². The number of carbonyl (C=O) groups excluding carboxylic acids is 1. The highest BCUT2D eigenvalue weighted by atomic mass is 32.2. The first-order valence-corrected chi connectivity index (χ1v) is 11.1. The summed E-state index contributed by atoms with van der Waals surface area (Å²) in [5.74, 6) is -0.342. The molecule has 0 aliphatic heterocycles. The summed E-state index contributed by atoms with van der Waals surface area (Å²) in [5, 5.41) is 3.90. The lowest BCUT2D eigenvalue weighted by Gasteiger charge is -2.20. The average molecular weight is 400 g/mol. The molecule has 0 saturated carbocycles. The van der Waals surface area contributed by atoms with Crippen LogP contribution in [0.5, 0.6) is 0 Å². The van der Waals surface area contributed by atoms with Gasteiger partial charge in [-0.2, -0.15) is 4.31 Å². The summed E-state index contributed by atoms with van der Waals surface area (Å²) in [5.41, 5.74) is 3.78. The minimum Gasteiger partial charge on any atom is -0.361 e. The van der Waals surface area contributed by atoms with Gasteiger partial charge in [-0.1, -0.05) is 43.3 Å². The molecular weight excluding hydrogens is 374 g/mol. The highest BCUT2D eigenvalue weighted by Crippen LogP contribution is 2.19. The van der Waals surface area contributed by atoms with Crippen LogP contribution in [-0.2, 0) is 27.7 Å². The summed E-state index contributed by atoms with van der Waals surface area (Å²) in [7, 11) is -3.51. The smallest absolute Gasteiger partial charge is 0.239 e. The first-order chi connectivity index (χ1) is 13.4. The quantitative estimate of drug-likeness (QED) is 0.610. The number of nitrogens with one attached hydrogen (secondary N) is 2. The van der Waals surface area contributed by atoms with Crippen molar-refractivity contribution in [3.05, 3.63) is 65.9 Å². The van der Waals surface area contributed by atoms with Gasteiger partial charge in [-0.15, -0.1) is 0 Å². The number of fused-ring (bicyclic) bond motifs is 1. The molecule has 2 N–H and O–H groups in total. The fraction of sp³-hybridized carbons (Fsp3) is 0.286. The Morgan fingerprint density at radius 3 is 2.54 bits per heavy atom. The fourth-order valence-corrected chi connectivity index (χ4v) is 4.02. The van der Waals surface area contributed by atoms with Crippen molar-refractivity contribution < 1.29 is 13.2 Å². The highest BCUT2D eigenvalue weighted by molar-refractivity contribution is 7.88. The molecular formula is C21H25N3O3S. The van der Waals surface area contributed by atoms with E-state index in [-0.39, 0.29) is 19.0 Å². The van der Waals surface area contributed by atoms with Gasteiger partial charge in [0.2, 0.25) is 15.9 Å². The zero-order valence-corrected chi connectivity index (χ0v) is 16.9. The number of hydrogen-bond acceptors (Lipinski definition) is 3. The van der Waals surface area contributed by atoms with Crippen molar-refractivity contribution in [1.82, 2.24) is 9.29 Å². The summed E-state index contributed by atoms with van der Waals surface area (Å²) in [6.07, 6.45) is 4.33. The van der Waals surface area contributed by atoms with Crippen molar-refractivity contribution >= 4 is 32.5 Å². The summed E-state index contributed by atoms with van der Waals surface area (Å²) >= 11 is 0. The van der Waals surface area contributed by atoms with Gasteiger partial charge in [0.15, 0.2) is 0 Å². The molecule has 2 aromatic carbocycles. The Bertz CT molecular complexity index is 1070. The first kappa shape index (κ1) is 20.1. The maximum Gasteiger partial charge on any atom is 0.239 e. The number of amides is 1.